The predicted molar refractivity (Wildman–Crippen MR) is 98.2 cm³/mol. The fourth-order valence-corrected chi connectivity index (χ4v) is 4.00. The molecule has 2 heterocycles. The lowest BCUT2D eigenvalue weighted by Crippen LogP contribution is -2.48. The smallest absolute Gasteiger partial charge is 0.251 e. The van der Waals surface area contributed by atoms with Crippen LogP contribution in [0.15, 0.2) is 24.3 Å². The third-order valence-corrected chi connectivity index (χ3v) is 5.31. The van der Waals surface area contributed by atoms with Crippen LogP contribution in [0.1, 0.15) is 55.5 Å². The Hall–Kier alpha value is -1.88. The molecular weight excluding hydrogens is 314 g/mol. The summed E-state index contributed by atoms with van der Waals surface area (Å²) in [6.07, 6.45) is 4.52. The maximum absolute atomic E-state index is 12.5. The van der Waals surface area contributed by atoms with E-state index < -0.39 is 0 Å². The number of fused-ring (bicyclic) bond motifs is 2. The second-order valence-corrected chi connectivity index (χ2v) is 7.83. The number of amides is 2. The molecule has 2 aliphatic rings. The lowest BCUT2D eigenvalue weighted by atomic mass is 9.99. The summed E-state index contributed by atoms with van der Waals surface area (Å²) in [5.74, 6) is 0.127. The molecule has 136 valence electrons. The van der Waals surface area contributed by atoms with Crippen LogP contribution in [0.5, 0.6) is 0 Å². The maximum atomic E-state index is 12.5. The van der Waals surface area contributed by atoms with Gasteiger partial charge in [0.25, 0.3) is 5.91 Å². The first kappa shape index (κ1) is 17.9. The Morgan fingerprint density at radius 1 is 1.16 bits per heavy atom. The zero-order chi connectivity index (χ0) is 18.0. The molecule has 25 heavy (non-hydrogen) atoms. The lowest BCUT2D eigenvalue weighted by molar-refractivity contribution is -0.133. The zero-order valence-corrected chi connectivity index (χ0v) is 15.4. The van der Waals surface area contributed by atoms with Crippen molar-refractivity contribution in [2.75, 3.05) is 7.05 Å². The summed E-state index contributed by atoms with van der Waals surface area (Å²) in [5, 5.41) is 6.78. The minimum atomic E-state index is -0.00433. The summed E-state index contributed by atoms with van der Waals surface area (Å²) in [6, 6.07) is 9.00. The highest BCUT2D eigenvalue weighted by Gasteiger charge is 2.34. The SMILES string of the molecule is CC(C)C(=O)N(C)Cc1ccc(C(=O)NC2CC3CCC(C2)N3)cc1. The molecule has 2 bridgehead atoms. The van der Waals surface area contributed by atoms with Gasteiger partial charge in [-0.25, -0.2) is 0 Å². The van der Waals surface area contributed by atoms with Crippen LogP contribution in [-0.4, -0.2) is 41.9 Å². The van der Waals surface area contributed by atoms with Gasteiger partial charge in [-0.1, -0.05) is 26.0 Å². The average molecular weight is 343 g/mol. The van der Waals surface area contributed by atoms with Crippen molar-refractivity contribution < 1.29 is 9.59 Å². The Morgan fingerprint density at radius 2 is 1.76 bits per heavy atom. The van der Waals surface area contributed by atoms with E-state index in [1.165, 1.54) is 12.8 Å². The summed E-state index contributed by atoms with van der Waals surface area (Å²) in [6.45, 7) is 4.37. The molecule has 0 saturated carbocycles. The first-order valence-electron chi connectivity index (χ1n) is 9.33. The number of hydrogen-bond acceptors (Lipinski definition) is 3. The number of benzene rings is 1. The molecule has 0 spiro atoms. The van der Waals surface area contributed by atoms with E-state index in [1.54, 1.807) is 4.90 Å². The molecule has 2 N–H and O–H groups in total. The lowest BCUT2D eigenvalue weighted by Gasteiger charge is -2.29. The molecule has 3 rings (SSSR count). The van der Waals surface area contributed by atoms with Gasteiger partial charge in [0.05, 0.1) is 0 Å². The van der Waals surface area contributed by atoms with Gasteiger partial charge in [-0.05, 0) is 43.4 Å². The molecule has 1 aromatic carbocycles. The van der Waals surface area contributed by atoms with E-state index in [-0.39, 0.29) is 23.8 Å². The molecular formula is C20H29N3O2. The minimum Gasteiger partial charge on any atom is -0.349 e. The maximum Gasteiger partial charge on any atom is 0.251 e. The fraction of sp³-hybridized carbons (Fsp3) is 0.600. The van der Waals surface area contributed by atoms with Crippen LogP contribution >= 0.6 is 0 Å². The first-order chi connectivity index (χ1) is 11.9. The van der Waals surface area contributed by atoms with Crippen molar-refractivity contribution in [1.82, 2.24) is 15.5 Å². The van der Waals surface area contributed by atoms with Gasteiger partial charge in [0, 0.05) is 43.2 Å². The summed E-state index contributed by atoms with van der Waals surface area (Å²) >= 11 is 0. The molecule has 2 unspecified atom stereocenters. The molecule has 0 aromatic heterocycles. The third-order valence-electron chi connectivity index (χ3n) is 5.31. The molecule has 5 heteroatoms. The van der Waals surface area contributed by atoms with Crippen molar-refractivity contribution in [2.45, 2.75) is 64.2 Å². The quantitative estimate of drug-likeness (QED) is 0.862. The predicted octanol–water partition coefficient (Wildman–Crippen LogP) is 2.31. The number of rotatable bonds is 5. The second kappa shape index (κ2) is 7.56. The molecule has 5 nitrogen and oxygen atoms in total. The highest BCUT2D eigenvalue weighted by molar-refractivity contribution is 5.94. The standard InChI is InChI=1S/C20H29N3O2/c1-13(2)20(25)23(3)12-14-4-6-15(7-5-14)19(24)22-18-10-16-8-9-17(11-18)21-16/h4-7,13,16-18,21H,8-12H2,1-3H3,(H,22,24). The number of carbonyl (C=O) groups is 2. The highest BCUT2D eigenvalue weighted by atomic mass is 16.2. The van der Waals surface area contributed by atoms with Crippen molar-refractivity contribution in [3.8, 4) is 0 Å². The summed E-state index contributed by atoms with van der Waals surface area (Å²) in [7, 11) is 1.81. The monoisotopic (exact) mass is 343 g/mol. The largest absolute Gasteiger partial charge is 0.349 e. The van der Waals surface area contributed by atoms with Crippen molar-refractivity contribution >= 4 is 11.8 Å². The van der Waals surface area contributed by atoms with Crippen molar-refractivity contribution in [3.05, 3.63) is 35.4 Å². The van der Waals surface area contributed by atoms with E-state index >= 15 is 0 Å². The van der Waals surface area contributed by atoms with Gasteiger partial charge in [0.2, 0.25) is 5.91 Å². The van der Waals surface area contributed by atoms with Gasteiger partial charge >= 0.3 is 0 Å². The van der Waals surface area contributed by atoms with Crippen LogP contribution in [0.25, 0.3) is 0 Å². The molecule has 2 atom stereocenters. The van der Waals surface area contributed by atoms with E-state index in [0.717, 1.165) is 18.4 Å². The van der Waals surface area contributed by atoms with Crippen LogP contribution in [-0.2, 0) is 11.3 Å². The Morgan fingerprint density at radius 3 is 2.32 bits per heavy atom. The van der Waals surface area contributed by atoms with E-state index in [0.29, 0.717) is 24.2 Å². The molecule has 2 amide bonds. The zero-order valence-electron chi connectivity index (χ0n) is 15.4. The Kier molecular flexibility index (Phi) is 5.42. The number of piperidine rings is 1. The van der Waals surface area contributed by atoms with Crippen molar-refractivity contribution in [1.29, 1.82) is 0 Å². The molecule has 2 saturated heterocycles. The van der Waals surface area contributed by atoms with Gasteiger partial charge in [0.1, 0.15) is 0 Å². The van der Waals surface area contributed by atoms with Crippen LogP contribution in [0.3, 0.4) is 0 Å². The van der Waals surface area contributed by atoms with Gasteiger partial charge in [0.15, 0.2) is 0 Å². The van der Waals surface area contributed by atoms with Crippen LogP contribution in [0.4, 0.5) is 0 Å². The Balaban J connectivity index is 1.54. The number of hydrogen-bond donors (Lipinski definition) is 2. The summed E-state index contributed by atoms with van der Waals surface area (Å²) in [5.41, 5.74) is 1.72. The molecule has 2 fully saturated rings. The molecule has 1 aromatic rings. The van der Waals surface area contributed by atoms with E-state index in [9.17, 15) is 9.59 Å². The molecule has 0 aliphatic carbocycles. The molecule has 0 radical (unpaired) electrons. The highest BCUT2D eigenvalue weighted by Crippen LogP contribution is 2.26. The third kappa shape index (κ3) is 4.40. The van der Waals surface area contributed by atoms with Gasteiger partial charge in [-0.15, -0.1) is 0 Å². The van der Waals surface area contributed by atoms with Crippen molar-refractivity contribution in [2.24, 2.45) is 5.92 Å². The normalized spacial score (nSPS) is 25.0. The average Bonchev–Trinajstić information content (AvgIpc) is 2.93. The summed E-state index contributed by atoms with van der Waals surface area (Å²) in [4.78, 5) is 26.2. The van der Waals surface area contributed by atoms with E-state index in [1.807, 2.05) is 45.2 Å². The molecule has 2 aliphatic heterocycles. The van der Waals surface area contributed by atoms with E-state index in [2.05, 4.69) is 10.6 Å². The second-order valence-electron chi connectivity index (χ2n) is 7.83. The van der Waals surface area contributed by atoms with Crippen LogP contribution in [0, 0.1) is 5.92 Å². The van der Waals surface area contributed by atoms with Crippen molar-refractivity contribution in [3.63, 3.8) is 0 Å². The number of nitrogens with one attached hydrogen (secondary N) is 2. The topological polar surface area (TPSA) is 61.4 Å². The van der Waals surface area contributed by atoms with Crippen LogP contribution in [0.2, 0.25) is 0 Å². The minimum absolute atomic E-state index is 0.00413. The number of carbonyl (C=O) groups excluding carboxylic acids is 2. The summed E-state index contributed by atoms with van der Waals surface area (Å²) < 4.78 is 0. The first-order valence-corrected chi connectivity index (χ1v) is 9.33. The Bertz CT molecular complexity index is 614. The number of nitrogens with zero attached hydrogens (tertiary/aromatic N) is 1. The van der Waals surface area contributed by atoms with Gasteiger partial charge in [-0.2, -0.15) is 0 Å². The van der Waals surface area contributed by atoms with Gasteiger partial charge in [-0.3, -0.25) is 9.59 Å². The van der Waals surface area contributed by atoms with Gasteiger partial charge < -0.3 is 15.5 Å². The Labute approximate surface area is 150 Å². The van der Waals surface area contributed by atoms with E-state index in [4.69, 9.17) is 0 Å². The fourth-order valence-electron chi connectivity index (χ4n) is 4.00. The van der Waals surface area contributed by atoms with Crippen LogP contribution < -0.4 is 10.6 Å².